The Bertz CT molecular complexity index is 816. The molecular formula is C18H19N3O5. The molecule has 2 rings (SSSR count). The number of amides is 1. The van der Waals surface area contributed by atoms with Crippen LogP contribution in [0, 0.1) is 10.1 Å². The Morgan fingerprint density at radius 2 is 2.00 bits per heavy atom. The zero-order valence-corrected chi connectivity index (χ0v) is 14.4. The molecule has 0 heterocycles. The van der Waals surface area contributed by atoms with Gasteiger partial charge in [0.15, 0.2) is 6.61 Å². The number of carbonyl (C=O) groups excluding carboxylic acids is 1. The summed E-state index contributed by atoms with van der Waals surface area (Å²) in [4.78, 5) is 21.8. The third-order valence-corrected chi connectivity index (χ3v) is 3.53. The fourth-order valence-electron chi connectivity index (χ4n) is 2.06. The summed E-state index contributed by atoms with van der Waals surface area (Å²) >= 11 is 0. The number of hydrogen-bond acceptors (Lipinski definition) is 6. The lowest BCUT2D eigenvalue weighted by molar-refractivity contribution is -0.384. The molecule has 0 radical (unpaired) electrons. The van der Waals surface area contributed by atoms with Gasteiger partial charge in [-0.15, -0.1) is 0 Å². The number of non-ortho nitro benzene ring substituents is 1. The molecule has 0 saturated heterocycles. The van der Waals surface area contributed by atoms with Crippen molar-refractivity contribution in [2.24, 2.45) is 5.10 Å². The van der Waals surface area contributed by atoms with Crippen molar-refractivity contribution in [2.75, 3.05) is 6.61 Å². The maximum atomic E-state index is 11.7. The topological polar surface area (TPSA) is 114 Å². The van der Waals surface area contributed by atoms with Crippen LogP contribution in [0.15, 0.2) is 47.6 Å². The zero-order chi connectivity index (χ0) is 19.1. The molecule has 0 unspecified atom stereocenters. The largest absolute Gasteiger partial charge is 0.507 e. The lowest BCUT2D eigenvalue weighted by Crippen LogP contribution is -2.24. The minimum absolute atomic E-state index is 0.115. The van der Waals surface area contributed by atoms with E-state index in [1.807, 2.05) is 12.1 Å². The van der Waals surface area contributed by atoms with E-state index in [0.29, 0.717) is 11.7 Å². The number of carbonyl (C=O) groups is 1. The molecule has 2 aromatic rings. The van der Waals surface area contributed by atoms with Crippen LogP contribution in [-0.4, -0.2) is 28.8 Å². The number of ether oxygens (including phenoxy) is 1. The fourth-order valence-corrected chi connectivity index (χ4v) is 2.06. The van der Waals surface area contributed by atoms with Crippen molar-refractivity contribution in [1.82, 2.24) is 5.43 Å². The van der Waals surface area contributed by atoms with Crippen LogP contribution in [0.5, 0.6) is 11.5 Å². The zero-order valence-electron chi connectivity index (χ0n) is 14.4. The van der Waals surface area contributed by atoms with Gasteiger partial charge in [0.1, 0.15) is 11.5 Å². The summed E-state index contributed by atoms with van der Waals surface area (Å²) in [6.07, 6.45) is 1.12. The number of nitrogens with zero attached hydrogens (tertiary/aromatic N) is 2. The lowest BCUT2D eigenvalue weighted by atomic mass is 10.0. The first-order valence-corrected chi connectivity index (χ1v) is 7.89. The molecule has 1 amide bonds. The number of nitro groups is 1. The van der Waals surface area contributed by atoms with Gasteiger partial charge in [0.2, 0.25) is 0 Å². The van der Waals surface area contributed by atoms with Gasteiger partial charge >= 0.3 is 0 Å². The summed E-state index contributed by atoms with van der Waals surface area (Å²) in [6.45, 7) is 3.93. The van der Waals surface area contributed by atoms with Crippen LogP contribution >= 0.6 is 0 Å². The van der Waals surface area contributed by atoms with Crippen LogP contribution in [0.25, 0.3) is 0 Å². The fraction of sp³-hybridized carbons (Fsp3) is 0.222. The Labute approximate surface area is 150 Å². The van der Waals surface area contributed by atoms with Crippen LogP contribution in [0.1, 0.15) is 30.9 Å². The minimum atomic E-state index is -0.590. The van der Waals surface area contributed by atoms with Crippen molar-refractivity contribution in [3.05, 3.63) is 63.7 Å². The molecule has 0 atom stereocenters. The first-order chi connectivity index (χ1) is 12.4. The van der Waals surface area contributed by atoms with Gasteiger partial charge in [0, 0.05) is 17.7 Å². The molecule has 2 aromatic carbocycles. The van der Waals surface area contributed by atoms with Gasteiger partial charge < -0.3 is 9.84 Å². The molecule has 0 aliphatic heterocycles. The van der Waals surface area contributed by atoms with E-state index in [0.717, 1.165) is 12.3 Å². The summed E-state index contributed by atoms with van der Waals surface area (Å²) < 4.78 is 5.35. The standard InChI is InChI=1S/C18H19N3O5/c1-12(2)13-3-6-16(7-4-13)26-11-18(23)20-19-10-14-9-15(21(24)25)5-8-17(14)22/h3-10,12,22H,11H2,1-2H3,(H,20,23)/b19-10+. The molecule has 0 spiro atoms. The molecule has 0 aliphatic carbocycles. The highest BCUT2D eigenvalue weighted by Gasteiger charge is 2.09. The number of phenols is 1. The first-order valence-electron chi connectivity index (χ1n) is 7.89. The second-order valence-electron chi connectivity index (χ2n) is 5.81. The maximum absolute atomic E-state index is 11.7. The molecule has 26 heavy (non-hydrogen) atoms. The van der Waals surface area contributed by atoms with Crippen molar-refractivity contribution in [3.8, 4) is 11.5 Å². The maximum Gasteiger partial charge on any atom is 0.277 e. The van der Waals surface area contributed by atoms with E-state index in [1.54, 1.807) is 12.1 Å². The average Bonchev–Trinajstić information content (AvgIpc) is 2.61. The van der Waals surface area contributed by atoms with E-state index in [1.165, 1.54) is 17.7 Å². The summed E-state index contributed by atoms with van der Waals surface area (Å²) in [6, 6.07) is 10.9. The second kappa shape index (κ2) is 8.61. The van der Waals surface area contributed by atoms with E-state index in [2.05, 4.69) is 24.4 Å². The van der Waals surface area contributed by atoms with Crippen molar-refractivity contribution in [1.29, 1.82) is 0 Å². The van der Waals surface area contributed by atoms with E-state index in [9.17, 15) is 20.0 Å². The van der Waals surface area contributed by atoms with Gasteiger partial charge in [-0.25, -0.2) is 5.43 Å². The average molecular weight is 357 g/mol. The Kier molecular flexibility index (Phi) is 6.26. The summed E-state index contributed by atoms with van der Waals surface area (Å²) in [5.74, 6) is 0.283. The molecule has 136 valence electrons. The van der Waals surface area contributed by atoms with Crippen molar-refractivity contribution < 1.29 is 19.6 Å². The minimum Gasteiger partial charge on any atom is -0.507 e. The molecule has 0 fully saturated rings. The Balaban J connectivity index is 1.87. The molecule has 0 aromatic heterocycles. The van der Waals surface area contributed by atoms with E-state index >= 15 is 0 Å². The Morgan fingerprint density at radius 3 is 2.62 bits per heavy atom. The van der Waals surface area contributed by atoms with E-state index < -0.39 is 10.8 Å². The highest BCUT2D eigenvalue weighted by molar-refractivity contribution is 5.86. The van der Waals surface area contributed by atoms with Crippen molar-refractivity contribution in [2.45, 2.75) is 19.8 Å². The van der Waals surface area contributed by atoms with Gasteiger partial charge in [0.05, 0.1) is 11.1 Å². The van der Waals surface area contributed by atoms with Gasteiger partial charge in [-0.1, -0.05) is 26.0 Å². The van der Waals surface area contributed by atoms with E-state index in [4.69, 9.17) is 4.74 Å². The third-order valence-electron chi connectivity index (χ3n) is 3.53. The number of hydrazone groups is 1. The van der Waals surface area contributed by atoms with Gasteiger partial charge in [-0.3, -0.25) is 14.9 Å². The predicted octanol–water partition coefficient (Wildman–Crippen LogP) is 2.95. The molecule has 0 bridgehead atoms. The van der Waals surface area contributed by atoms with Gasteiger partial charge in [-0.05, 0) is 29.7 Å². The van der Waals surface area contributed by atoms with Crippen molar-refractivity contribution >= 4 is 17.8 Å². The second-order valence-corrected chi connectivity index (χ2v) is 5.81. The summed E-state index contributed by atoms with van der Waals surface area (Å²) in [7, 11) is 0. The Hall–Kier alpha value is -3.42. The van der Waals surface area contributed by atoms with Gasteiger partial charge in [0.25, 0.3) is 11.6 Å². The number of hydrogen-bond donors (Lipinski definition) is 2. The SMILES string of the molecule is CC(C)c1ccc(OCC(=O)N/N=C/c2cc([N+](=O)[O-])ccc2O)cc1. The number of benzene rings is 2. The van der Waals surface area contributed by atoms with Crippen LogP contribution in [0.4, 0.5) is 5.69 Å². The molecule has 2 N–H and O–H groups in total. The molecule has 8 heteroatoms. The number of rotatable bonds is 7. The monoisotopic (exact) mass is 357 g/mol. The van der Waals surface area contributed by atoms with Crippen LogP contribution in [0.3, 0.4) is 0 Å². The highest BCUT2D eigenvalue weighted by atomic mass is 16.6. The Morgan fingerprint density at radius 1 is 1.31 bits per heavy atom. The van der Waals surface area contributed by atoms with E-state index in [-0.39, 0.29) is 23.6 Å². The van der Waals surface area contributed by atoms with Crippen LogP contribution in [0.2, 0.25) is 0 Å². The molecule has 0 aliphatic rings. The van der Waals surface area contributed by atoms with Crippen molar-refractivity contribution in [3.63, 3.8) is 0 Å². The molecular weight excluding hydrogens is 338 g/mol. The molecule has 8 nitrogen and oxygen atoms in total. The lowest BCUT2D eigenvalue weighted by Gasteiger charge is -2.08. The predicted molar refractivity (Wildman–Crippen MR) is 96.5 cm³/mol. The number of nitro benzene ring substituents is 1. The smallest absolute Gasteiger partial charge is 0.277 e. The summed E-state index contributed by atoms with van der Waals surface area (Å²) in [5, 5.41) is 24.0. The highest BCUT2D eigenvalue weighted by Crippen LogP contribution is 2.21. The molecule has 0 saturated carbocycles. The third kappa shape index (κ3) is 5.30. The number of nitrogens with one attached hydrogen (secondary N) is 1. The number of aromatic hydroxyl groups is 1. The normalized spacial score (nSPS) is 10.9. The summed E-state index contributed by atoms with van der Waals surface area (Å²) in [5.41, 5.74) is 3.33. The first kappa shape index (κ1) is 18.9. The van der Waals surface area contributed by atoms with Gasteiger partial charge in [-0.2, -0.15) is 5.10 Å². The van der Waals surface area contributed by atoms with Crippen LogP contribution < -0.4 is 10.2 Å². The van der Waals surface area contributed by atoms with Crippen LogP contribution in [-0.2, 0) is 4.79 Å². The number of phenolic OH excluding ortho intramolecular Hbond substituents is 1. The quantitative estimate of drug-likeness (QED) is 0.449.